The second-order valence-corrected chi connectivity index (χ2v) is 11.0. The Balaban J connectivity index is 1.25. The molecule has 1 aromatic carbocycles. The van der Waals surface area contributed by atoms with Crippen molar-refractivity contribution < 1.29 is 14.6 Å². The zero-order chi connectivity index (χ0) is 21.5. The molecule has 6 nitrogen and oxygen atoms in total. The third-order valence-corrected chi connectivity index (χ3v) is 8.39. The Hall–Kier alpha value is -2.34. The predicted molar refractivity (Wildman–Crippen MR) is 116 cm³/mol. The lowest BCUT2D eigenvalue weighted by molar-refractivity contribution is -0.194. The van der Waals surface area contributed by atoms with E-state index in [0.717, 1.165) is 25.0 Å². The predicted octanol–water partition coefficient (Wildman–Crippen LogP) is 4.10. The summed E-state index contributed by atoms with van der Waals surface area (Å²) in [5, 5.41) is 11.7. The van der Waals surface area contributed by atoms with Crippen LogP contribution < -0.4 is 0 Å². The molecular weight excluding hydrogens is 390 g/mol. The van der Waals surface area contributed by atoms with Crippen molar-refractivity contribution in [2.24, 2.45) is 23.2 Å². The van der Waals surface area contributed by atoms with E-state index in [2.05, 4.69) is 33.8 Å². The number of aliphatic hydroxyl groups is 1. The average molecular weight is 422 g/mol. The summed E-state index contributed by atoms with van der Waals surface area (Å²) in [5.41, 5.74) is 3.15. The number of imidazole rings is 1. The van der Waals surface area contributed by atoms with Crippen LogP contribution >= 0.6 is 0 Å². The first kappa shape index (κ1) is 19.4. The molecule has 2 aliphatic carbocycles. The molecule has 1 amide bonds. The molecule has 0 radical (unpaired) electrons. The number of hydrogen-bond donors (Lipinski definition) is 1. The number of aromatic nitrogens is 2. The highest BCUT2D eigenvalue weighted by Gasteiger charge is 2.67. The van der Waals surface area contributed by atoms with E-state index in [1.54, 1.807) is 0 Å². The molecule has 3 heterocycles. The summed E-state index contributed by atoms with van der Waals surface area (Å²) in [4.78, 5) is 19.0. The molecule has 2 saturated carbocycles. The van der Waals surface area contributed by atoms with Gasteiger partial charge in [0.25, 0.3) is 0 Å². The van der Waals surface area contributed by atoms with Crippen LogP contribution in [-0.2, 0) is 4.74 Å². The van der Waals surface area contributed by atoms with Gasteiger partial charge in [0.05, 0.1) is 30.4 Å². The van der Waals surface area contributed by atoms with Crippen molar-refractivity contribution in [2.45, 2.75) is 57.8 Å². The fraction of sp³-hybridized carbons (Fsp3) is 0.600. The third-order valence-electron chi connectivity index (χ3n) is 8.39. The first-order chi connectivity index (χ1) is 14.8. The molecule has 164 valence electrons. The lowest BCUT2D eigenvalue weighted by atomic mass is 9.48. The number of piperidine rings is 1. The number of fused-ring (bicyclic) bond motifs is 3. The maximum absolute atomic E-state index is 12.7. The van der Waals surface area contributed by atoms with E-state index >= 15 is 0 Å². The number of likely N-dealkylation sites (tertiary alicyclic amines) is 1. The van der Waals surface area contributed by atoms with E-state index in [0.29, 0.717) is 24.9 Å². The molecule has 31 heavy (non-hydrogen) atoms. The van der Waals surface area contributed by atoms with Gasteiger partial charge in [0.1, 0.15) is 5.60 Å². The number of carbonyl (C=O) groups is 1. The van der Waals surface area contributed by atoms with Gasteiger partial charge in [0.2, 0.25) is 0 Å². The zero-order valence-electron chi connectivity index (χ0n) is 18.5. The zero-order valence-corrected chi connectivity index (χ0v) is 18.5. The molecule has 2 bridgehead atoms. The quantitative estimate of drug-likeness (QED) is 0.753. The number of rotatable bonds is 1. The van der Waals surface area contributed by atoms with Crippen LogP contribution in [0.5, 0.6) is 0 Å². The van der Waals surface area contributed by atoms with Crippen molar-refractivity contribution in [2.75, 3.05) is 13.1 Å². The normalized spacial score (nSPS) is 35.6. The van der Waals surface area contributed by atoms with E-state index in [-0.39, 0.29) is 29.6 Å². The van der Waals surface area contributed by atoms with Gasteiger partial charge in [-0.1, -0.05) is 24.3 Å². The van der Waals surface area contributed by atoms with Gasteiger partial charge in [-0.3, -0.25) is 0 Å². The highest BCUT2D eigenvalue weighted by molar-refractivity contribution is 5.70. The van der Waals surface area contributed by atoms with Crippen molar-refractivity contribution in [1.29, 1.82) is 0 Å². The standard InChI is InChI=1S/C25H31N3O3/c1-24(2,3)31-23(30)27-12-15-8-9-16(13-27)25(15)10-19(22(25)29)21-18-7-5-4-6-17(18)20-11-26-14-28(20)21/h4-7,11,14-16,19,21-22,29H,8-10,12-13H2,1-3H3/t15?,16?,19-,21-,22-,25?/m0/s1. The molecule has 6 heteroatoms. The van der Waals surface area contributed by atoms with Gasteiger partial charge in [-0.25, -0.2) is 9.78 Å². The summed E-state index contributed by atoms with van der Waals surface area (Å²) < 4.78 is 7.89. The van der Waals surface area contributed by atoms with E-state index in [9.17, 15) is 9.90 Å². The van der Waals surface area contributed by atoms with Gasteiger partial charge in [0.15, 0.2) is 0 Å². The largest absolute Gasteiger partial charge is 0.444 e. The van der Waals surface area contributed by atoms with Crippen LogP contribution in [0.4, 0.5) is 4.79 Å². The van der Waals surface area contributed by atoms with Crippen molar-refractivity contribution >= 4 is 6.09 Å². The summed E-state index contributed by atoms with van der Waals surface area (Å²) in [6.45, 7) is 7.14. The minimum absolute atomic E-state index is 0.0541. The minimum Gasteiger partial charge on any atom is -0.444 e. The second kappa shape index (κ2) is 6.35. The molecule has 2 aliphatic heterocycles. The number of benzene rings is 1. The summed E-state index contributed by atoms with van der Waals surface area (Å²) in [6.07, 6.45) is 6.48. The summed E-state index contributed by atoms with van der Waals surface area (Å²) in [6, 6.07) is 8.67. The molecule has 2 unspecified atom stereocenters. The van der Waals surface area contributed by atoms with Crippen LogP contribution in [0.1, 0.15) is 51.6 Å². The number of aliphatic hydroxyl groups excluding tert-OH is 1. The van der Waals surface area contributed by atoms with E-state index in [1.807, 2.05) is 38.2 Å². The van der Waals surface area contributed by atoms with Crippen LogP contribution in [-0.4, -0.2) is 50.4 Å². The number of ether oxygens (including phenoxy) is 1. The van der Waals surface area contributed by atoms with Crippen LogP contribution in [0, 0.1) is 23.2 Å². The second-order valence-electron chi connectivity index (χ2n) is 11.0. The van der Waals surface area contributed by atoms with Gasteiger partial charge < -0.3 is 19.3 Å². The monoisotopic (exact) mass is 421 g/mol. The number of amides is 1. The van der Waals surface area contributed by atoms with Crippen molar-refractivity contribution in [3.63, 3.8) is 0 Å². The Kier molecular flexibility index (Phi) is 3.96. The number of carbonyl (C=O) groups excluding carboxylic acids is 1. The van der Waals surface area contributed by atoms with Crippen LogP contribution in [0.2, 0.25) is 0 Å². The van der Waals surface area contributed by atoms with Crippen molar-refractivity contribution in [1.82, 2.24) is 14.5 Å². The van der Waals surface area contributed by atoms with Gasteiger partial charge in [0, 0.05) is 30.0 Å². The van der Waals surface area contributed by atoms with Gasteiger partial charge in [-0.05, 0) is 57.4 Å². The Morgan fingerprint density at radius 1 is 1.19 bits per heavy atom. The third kappa shape index (κ3) is 2.60. The lowest BCUT2D eigenvalue weighted by Crippen LogP contribution is -2.65. The highest BCUT2D eigenvalue weighted by atomic mass is 16.6. The van der Waals surface area contributed by atoms with Crippen molar-refractivity contribution in [3.05, 3.63) is 42.4 Å². The summed E-state index contributed by atoms with van der Waals surface area (Å²) in [7, 11) is 0. The molecule has 6 rings (SSSR count). The summed E-state index contributed by atoms with van der Waals surface area (Å²) in [5.74, 6) is 0.889. The van der Waals surface area contributed by atoms with Crippen LogP contribution in [0.25, 0.3) is 11.3 Å². The van der Waals surface area contributed by atoms with E-state index < -0.39 is 5.60 Å². The molecule has 2 aromatic rings. The lowest BCUT2D eigenvalue weighted by Gasteiger charge is -2.61. The Morgan fingerprint density at radius 2 is 1.90 bits per heavy atom. The molecule has 1 spiro atoms. The molecule has 1 aromatic heterocycles. The molecule has 5 atom stereocenters. The number of hydrogen-bond acceptors (Lipinski definition) is 4. The minimum atomic E-state index is -0.481. The van der Waals surface area contributed by atoms with Crippen molar-refractivity contribution in [3.8, 4) is 11.3 Å². The van der Waals surface area contributed by atoms with Crippen LogP contribution in [0.3, 0.4) is 0 Å². The van der Waals surface area contributed by atoms with E-state index in [1.165, 1.54) is 11.1 Å². The molecule has 1 N–H and O–H groups in total. The first-order valence-electron chi connectivity index (χ1n) is 11.6. The van der Waals surface area contributed by atoms with Gasteiger partial charge in [-0.2, -0.15) is 0 Å². The maximum Gasteiger partial charge on any atom is 0.410 e. The Morgan fingerprint density at radius 3 is 2.58 bits per heavy atom. The number of nitrogens with zero attached hydrogens (tertiary/aromatic N) is 3. The molecule has 1 saturated heterocycles. The molecule has 3 fully saturated rings. The van der Waals surface area contributed by atoms with Gasteiger partial charge in [-0.15, -0.1) is 0 Å². The average Bonchev–Trinajstić information content (AvgIpc) is 3.35. The fourth-order valence-electron chi connectivity index (χ4n) is 7.17. The smallest absolute Gasteiger partial charge is 0.410 e. The van der Waals surface area contributed by atoms with E-state index in [4.69, 9.17) is 4.74 Å². The first-order valence-corrected chi connectivity index (χ1v) is 11.6. The topological polar surface area (TPSA) is 67.6 Å². The SMILES string of the molecule is CC(C)(C)OC(=O)N1CC2CCC(C1)C21C[C@@H]([C@@H]2c3ccccc3-c3cncn32)[C@@H]1O. The summed E-state index contributed by atoms with van der Waals surface area (Å²) >= 11 is 0. The van der Waals surface area contributed by atoms with Crippen LogP contribution in [0.15, 0.2) is 36.8 Å². The van der Waals surface area contributed by atoms with Gasteiger partial charge >= 0.3 is 6.09 Å². The molecular formula is C25H31N3O3. The Bertz CT molecular complexity index is 1020. The fourth-order valence-corrected chi connectivity index (χ4v) is 7.17. The maximum atomic E-state index is 12.7. The molecule has 4 aliphatic rings. The highest BCUT2D eigenvalue weighted by Crippen LogP contribution is 2.67. The Labute approximate surface area is 183 Å².